The van der Waals surface area contributed by atoms with Crippen molar-refractivity contribution in [3.05, 3.63) is 0 Å². The molecule has 12 heavy (non-hydrogen) atoms. The fraction of sp³-hybridized carbons (Fsp3) is 1.00. The van der Waals surface area contributed by atoms with Crippen LogP contribution in [0, 0.1) is 0 Å². The van der Waals surface area contributed by atoms with E-state index in [4.69, 9.17) is 0 Å². The van der Waals surface area contributed by atoms with Gasteiger partial charge in [0.25, 0.3) is 0 Å². The number of piperidine rings is 1. The van der Waals surface area contributed by atoms with Gasteiger partial charge in [-0.05, 0) is 39.3 Å². The van der Waals surface area contributed by atoms with Crippen molar-refractivity contribution in [1.29, 1.82) is 0 Å². The topological polar surface area (TPSA) is 3.24 Å². The van der Waals surface area contributed by atoms with Gasteiger partial charge in [-0.25, -0.2) is 0 Å². The molecule has 1 fully saturated rings. The standard InChI is InChI=1S/C10H21N.ClH/c1-3-7-10(2)11-8-5-4-6-9-11;/h10H,3-9H2,1-2H3;1H. The van der Waals surface area contributed by atoms with E-state index in [1.807, 2.05) is 0 Å². The molecule has 2 heteroatoms. The highest BCUT2D eigenvalue weighted by Crippen LogP contribution is 2.14. The molecule has 0 aromatic rings. The highest BCUT2D eigenvalue weighted by Gasteiger charge is 2.14. The van der Waals surface area contributed by atoms with Crippen molar-refractivity contribution >= 4 is 12.4 Å². The lowest BCUT2D eigenvalue weighted by molar-refractivity contribution is 0.166. The molecule has 1 aliphatic heterocycles. The first-order valence-corrected chi connectivity index (χ1v) is 5.08. The quantitative estimate of drug-likeness (QED) is 0.663. The molecular formula is C10H22ClN. The summed E-state index contributed by atoms with van der Waals surface area (Å²) >= 11 is 0. The SMILES string of the molecule is CCCC(C)N1CCCCC1.Cl. The van der Waals surface area contributed by atoms with Crippen molar-refractivity contribution in [2.45, 2.75) is 52.0 Å². The van der Waals surface area contributed by atoms with Crippen molar-refractivity contribution in [2.75, 3.05) is 13.1 Å². The summed E-state index contributed by atoms with van der Waals surface area (Å²) in [5, 5.41) is 0. The molecular weight excluding hydrogens is 170 g/mol. The molecule has 1 unspecified atom stereocenters. The Labute approximate surface area is 82.9 Å². The van der Waals surface area contributed by atoms with Gasteiger partial charge in [0.15, 0.2) is 0 Å². The lowest BCUT2D eigenvalue weighted by Crippen LogP contribution is -2.37. The number of rotatable bonds is 3. The molecule has 1 rings (SSSR count). The van der Waals surface area contributed by atoms with E-state index in [9.17, 15) is 0 Å². The van der Waals surface area contributed by atoms with E-state index in [1.54, 1.807) is 0 Å². The molecule has 0 bridgehead atoms. The Balaban J connectivity index is 0.00000121. The van der Waals surface area contributed by atoms with Crippen molar-refractivity contribution in [3.63, 3.8) is 0 Å². The smallest absolute Gasteiger partial charge is 0.00668 e. The predicted octanol–water partition coefficient (Wildman–Crippen LogP) is 3.08. The summed E-state index contributed by atoms with van der Waals surface area (Å²) in [5.74, 6) is 0. The molecule has 1 saturated heterocycles. The van der Waals surface area contributed by atoms with Gasteiger partial charge in [0.1, 0.15) is 0 Å². The van der Waals surface area contributed by atoms with Gasteiger partial charge >= 0.3 is 0 Å². The molecule has 0 aliphatic carbocycles. The Morgan fingerprint density at radius 2 is 1.75 bits per heavy atom. The van der Waals surface area contributed by atoms with Crippen LogP contribution in [0.25, 0.3) is 0 Å². The van der Waals surface area contributed by atoms with Gasteiger partial charge < -0.3 is 4.90 Å². The molecule has 0 aromatic heterocycles. The minimum absolute atomic E-state index is 0. The minimum atomic E-state index is 0. The Morgan fingerprint density at radius 3 is 2.25 bits per heavy atom. The van der Waals surface area contributed by atoms with E-state index >= 15 is 0 Å². The average Bonchev–Trinajstić information content (AvgIpc) is 2.07. The van der Waals surface area contributed by atoms with Crippen molar-refractivity contribution in [1.82, 2.24) is 4.90 Å². The molecule has 0 N–H and O–H groups in total. The second kappa shape index (κ2) is 6.73. The van der Waals surface area contributed by atoms with E-state index in [-0.39, 0.29) is 12.4 Å². The molecule has 0 radical (unpaired) electrons. The largest absolute Gasteiger partial charge is 0.301 e. The van der Waals surface area contributed by atoms with E-state index in [1.165, 1.54) is 45.2 Å². The number of nitrogens with zero attached hydrogens (tertiary/aromatic N) is 1. The van der Waals surface area contributed by atoms with Gasteiger partial charge in [0.05, 0.1) is 0 Å². The van der Waals surface area contributed by atoms with Crippen LogP contribution in [0.2, 0.25) is 0 Å². The first-order valence-electron chi connectivity index (χ1n) is 5.08. The number of halogens is 1. The fourth-order valence-corrected chi connectivity index (χ4v) is 1.96. The molecule has 74 valence electrons. The maximum atomic E-state index is 2.65. The summed E-state index contributed by atoms with van der Waals surface area (Å²) in [6.45, 7) is 7.34. The maximum absolute atomic E-state index is 2.65. The second-order valence-corrected chi connectivity index (χ2v) is 3.73. The zero-order valence-electron chi connectivity index (χ0n) is 8.38. The van der Waals surface area contributed by atoms with E-state index in [2.05, 4.69) is 18.7 Å². The molecule has 1 atom stereocenters. The first-order chi connectivity index (χ1) is 5.34. The van der Waals surface area contributed by atoms with Crippen molar-refractivity contribution < 1.29 is 0 Å². The summed E-state index contributed by atoms with van der Waals surface area (Å²) in [7, 11) is 0. The van der Waals surface area contributed by atoms with Crippen LogP contribution in [0.5, 0.6) is 0 Å². The second-order valence-electron chi connectivity index (χ2n) is 3.73. The minimum Gasteiger partial charge on any atom is -0.301 e. The highest BCUT2D eigenvalue weighted by molar-refractivity contribution is 5.85. The van der Waals surface area contributed by atoms with Crippen LogP contribution < -0.4 is 0 Å². The van der Waals surface area contributed by atoms with E-state index < -0.39 is 0 Å². The third-order valence-corrected chi connectivity index (χ3v) is 2.72. The summed E-state index contributed by atoms with van der Waals surface area (Å²) < 4.78 is 0. The molecule has 0 amide bonds. The Hall–Kier alpha value is 0.250. The van der Waals surface area contributed by atoms with Gasteiger partial charge in [-0.1, -0.05) is 19.8 Å². The molecule has 0 aromatic carbocycles. The van der Waals surface area contributed by atoms with Crippen LogP contribution in [-0.4, -0.2) is 24.0 Å². The van der Waals surface area contributed by atoms with Gasteiger partial charge in [-0.15, -0.1) is 12.4 Å². The summed E-state index contributed by atoms with van der Waals surface area (Å²) in [6.07, 6.45) is 7.01. The van der Waals surface area contributed by atoms with Gasteiger partial charge in [0.2, 0.25) is 0 Å². The Morgan fingerprint density at radius 1 is 1.17 bits per heavy atom. The van der Waals surface area contributed by atoms with Crippen molar-refractivity contribution in [2.24, 2.45) is 0 Å². The third-order valence-electron chi connectivity index (χ3n) is 2.72. The summed E-state index contributed by atoms with van der Waals surface area (Å²) in [6, 6.07) is 0.834. The van der Waals surface area contributed by atoms with Crippen LogP contribution in [0.1, 0.15) is 46.0 Å². The summed E-state index contributed by atoms with van der Waals surface area (Å²) in [4.78, 5) is 2.65. The third kappa shape index (κ3) is 3.77. The lowest BCUT2D eigenvalue weighted by Gasteiger charge is -2.32. The molecule has 1 heterocycles. The van der Waals surface area contributed by atoms with Gasteiger partial charge in [-0.2, -0.15) is 0 Å². The van der Waals surface area contributed by atoms with Gasteiger partial charge in [0, 0.05) is 6.04 Å². The van der Waals surface area contributed by atoms with Crippen LogP contribution in [0.15, 0.2) is 0 Å². The van der Waals surface area contributed by atoms with Gasteiger partial charge in [-0.3, -0.25) is 0 Å². The Kier molecular flexibility index (Phi) is 6.87. The number of hydrogen-bond acceptors (Lipinski definition) is 1. The first kappa shape index (κ1) is 12.2. The summed E-state index contributed by atoms with van der Waals surface area (Å²) in [5.41, 5.74) is 0. The van der Waals surface area contributed by atoms with Crippen LogP contribution in [0.4, 0.5) is 0 Å². The molecule has 1 nitrogen and oxygen atoms in total. The molecule has 0 spiro atoms. The highest BCUT2D eigenvalue weighted by atomic mass is 35.5. The number of likely N-dealkylation sites (tertiary alicyclic amines) is 1. The monoisotopic (exact) mass is 191 g/mol. The van der Waals surface area contributed by atoms with Crippen LogP contribution in [0.3, 0.4) is 0 Å². The maximum Gasteiger partial charge on any atom is 0.00668 e. The lowest BCUT2D eigenvalue weighted by atomic mass is 10.1. The normalized spacial score (nSPS) is 21.5. The van der Waals surface area contributed by atoms with E-state index in [0.717, 1.165) is 6.04 Å². The van der Waals surface area contributed by atoms with Crippen LogP contribution >= 0.6 is 12.4 Å². The number of hydrogen-bond donors (Lipinski definition) is 0. The fourth-order valence-electron chi connectivity index (χ4n) is 1.96. The molecule has 1 aliphatic rings. The zero-order valence-corrected chi connectivity index (χ0v) is 9.20. The average molecular weight is 192 g/mol. The Bertz CT molecular complexity index is 100. The molecule has 0 saturated carbocycles. The van der Waals surface area contributed by atoms with Crippen LogP contribution in [-0.2, 0) is 0 Å². The van der Waals surface area contributed by atoms with Crippen molar-refractivity contribution in [3.8, 4) is 0 Å². The predicted molar refractivity (Wildman–Crippen MR) is 57.0 cm³/mol. The zero-order chi connectivity index (χ0) is 8.10. The van der Waals surface area contributed by atoms with E-state index in [0.29, 0.717) is 0 Å².